The van der Waals surface area contributed by atoms with Crippen LogP contribution in [0.15, 0.2) is 33.2 Å². The van der Waals surface area contributed by atoms with Gasteiger partial charge in [0, 0.05) is 11.0 Å². The standard InChI is InChI=1S/C13H16BrFN2O2S/c14-10-7-11(15)12(16)8-13(10)20(18,19)17-6-5-9-3-1-2-4-9/h3,7-8,17H,1-2,4-6,16H2. The van der Waals surface area contributed by atoms with Gasteiger partial charge in [0.2, 0.25) is 10.0 Å². The fourth-order valence-electron chi connectivity index (χ4n) is 2.14. The van der Waals surface area contributed by atoms with Crippen LogP contribution in [-0.2, 0) is 10.0 Å². The molecule has 0 amide bonds. The molecular weight excluding hydrogens is 347 g/mol. The first kappa shape index (κ1) is 15.5. The average molecular weight is 363 g/mol. The number of nitrogens with two attached hydrogens (primary N) is 1. The van der Waals surface area contributed by atoms with E-state index in [4.69, 9.17) is 5.73 Å². The second-order valence-electron chi connectivity index (χ2n) is 4.71. The molecule has 0 aromatic heterocycles. The van der Waals surface area contributed by atoms with Crippen molar-refractivity contribution in [1.29, 1.82) is 0 Å². The normalized spacial score (nSPS) is 15.4. The Morgan fingerprint density at radius 2 is 2.15 bits per heavy atom. The van der Waals surface area contributed by atoms with Crippen LogP contribution in [0.2, 0.25) is 0 Å². The Morgan fingerprint density at radius 3 is 2.80 bits per heavy atom. The van der Waals surface area contributed by atoms with E-state index in [1.807, 2.05) is 0 Å². The summed E-state index contributed by atoms with van der Waals surface area (Å²) in [7, 11) is -3.69. The van der Waals surface area contributed by atoms with Crippen molar-refractivity contribution in [2.75, 3.05) is 12.3 Å². The molecule has 1 aliphatic carbocycles. The lowest BCUT2D eigenvalue weighted by Gasteiger charge is -2.10. The molecule has 3 N–H and O–H groups in total. The van der Waals surface area contributed by atoms with Gasteiger partial charge in [0.15, 0.2) is 0 Å². The highest BCUT2D eigenvalue weighted by atomic mass is 79.9. The summed E-state index contributed by atoms with van der Waals surface area (Å²) in [6.45, 7) is 0.331. The summed E-state index contributed by atoms with van der Waals surface area (Å²) < 4.78 is 40.2. The van der Waals surface area contributed by atoms with E-state index in [2.05, 4.69) is 26.7 Å². The first-order valence-corrected chi connectivity index (χ1v) is 8.60. The van der Waals surface area contributed by atoms with E-state index < -0.39 is 15.8 Å². The average Bonchev–Trinajstić information content (AvgIpc) is 2.86. The Hall–Kier alpha value is -0.920. The van der Waals surface area contributed by atoms with E-state index in [0.717, 1.165) is 31.4 Å². The maximum absolute atomic E-state index is 13.2. The molecule has 1 aromatic carbocycles. The van der Waals surface area contributed by atoms with E-state index in [1.165, 1.54) is 5.57 Å². The smallest absolute Gasteiger partial charge is 0.241 e. The third-order valence-corrected chi connectivity index (χ3v) is 5.63. The van der Waals surface area contributed by atoms with Crippen molar-refractivity contribution in [2.24, 2.45) is 0 Å². The molecule has 0 spiro atoms. The van der Waals surface area contributed by atoms with E-state index in [0.29, 0.717) is 13.0 Å². The number of anilines is 1. The summed E-state index contributed by atoms with van der Waals surface area (Å²) in [5, 5.41) is 0. The molecule has 0 radical (unpaired) electrons. The van der Waals surface area contributed by atoms with Crippen LogP contribution in [0.3, 0.4) is 0 Å². The monoisotopic (exact) mass is 362 g/mol. The highest BCUT2D eigenvalue weighted by Gasteiger charge is 2.19. The molecule has 0 heterocycles. The molecule has 1 aromatic rings. The second-order valence-corrected chi connectivity index (χ2v) is 7.30. The van der Waals surface area contributed by atoms with Gasteiger partial charge in [0.1, 0.15) is 5.82 Å². The summed E-state index contributed by atoms with van der Waals surface area (Å²) in [6, 6.07) is 2.18. The summed E-state index contributed by atoms with van der Waals surface area (Å²) in [5.74, 6) is -0.646. The summed E-state index contributed by atoms with van der Waals surface area (Å²) in [6.07, 6.45) is 6.10. The van der Waals surface area contributed by atoms with Gasteiger partial charge in [-0.2, -0.15) is 0 Å². The van der Waals surface area contributed by atoms with Crippen molar-refractivity contribution in [3.63, 3.8) is 0 Å². The van der Waals surface area contributed by atoms with Crippen molar-refractivity contribution in [3.05, 3.63) is 34.1 Å². The van der Waals surface area contributed by atoms with Gasteiger partial charge in [-0.1, -0.05) is 11.6 Å². The maximum Gasteiger partial charge on any atom is 0.241 e. The van der Waals surface area contributed by atoms with Gasteiger partial charge in [-0.15, -0.1) is 0 Å². The van der Waals surface area contributed by atoms with Gasteiger partial charge in [0.25, 0.3) is 0 Å². The summed E-state index contributed by atoms with van der Waals surface area (Å²) in [4.78, 5) is -0.0446. The zero-order chi connectivity index (χ0) is 14.8. The molecule has 0 unspecified atom stereocenters. The molecule has 0 atom stereocenters. The number of halogens is 2. The Labute approximate surface area is 126 Å². The molecule has 7 heteroatoms. The molecule has 110 valence electrons. The lowest BCUT2D eigenvalue weighted by molar-refractivity contribution is 0.579. The van der Waals surface area contributed by atoms with Gasteiger partial charge in [-0.05, 0) is 53.7 Å². The fraction of sp³-hybridized carbons (Fsp3) is 0.385. The molecule has 2 rings (SSSR count). The van der Waals surface area contributed by atoms with E-state index in [-0.39, 0.29) is 15.1 Å². The van der Waals surface area contributed by atoms with Crippen LogP contribution >= 0.6 is 15.9 Å². The molecule has 0 fully saturated rings. The Kier molecular flexibility index (Phi) is 4.82. The third kappa shape index (κ3) is 3.59. The Bertz CT molecular complexity index is 644. The molecule has 0 bridgehead atoms. The molecule has 0 saturated heterocycles. The van der Waals surface area contributed by atoms with Crippen LogP contribution in [0.4, 0.5) is 10.1 Å². The Balaban J connectivity index is 2.08. The van der Waals surface area contributed by atoms with E-state index in [9.17, 15) is 12.8 Å². The summed E-state index contributed by atoms with van der Waals surface area (Å²) >= 11 is 3.05. The van der Waals surface area contributed by atoms with Crippen molar-refractivity contribution in [3.8, 4) is 0 Å². The van der Waals surface area contributed by atoms with Gasteiger partial charge in [0.05, 0.1) is 10.6 Å². The SMILES string of the molecule is Nc1cc(S(=O)(=O)NCCC2=CCCC2)c(Br)cc1F. The minimum atomic E-state index is -3.69. The Morgan fingerprint density at radius 1 is 1.40 bits per heavy atom. The lowest BCUT2D eigenvalue weighted by Crippen LogP contribution is -2.25. The van der Waals surface area contributed by atoms with Crippen LogP contribution < -0.4 is 10.5 Å². The number of rotatable bonds is 5. The largest absolute Gasteiger partial charge is 0.396 e. The number of hydrogen-bond donors (Lipinski definition) is 2. The number of nitrogen functional groups attached to an aromatic ring is 1. The van der Waals surface area contributed by atoms with Gasteiger partial charge in [-0.3, -0.25) is 0 Å². The zero-order valence-electron chi connectivity index (χ0n) is 10.8. The summed E-state index contributed by atoms with van der Waals surface area (Å²) in [5.41, 5.74) is 6.51. The first-order valence-electron chi connectivity index (χ1n) is 6.32. The van der Waals surface area contributed by atoms with Crippen LogP contribution in [0, 0.1) is 5.82 Å². The number of nitrogens with one attached hydrogen (secondary N) is 1. The number of sulfonamides is 1. The molecule has 0 aliphatic heterocycles. The van der Waals surface area contributed by atoms with Gasteiger partial charge < -0.3 is 5.73 Å². The fourth-order valence-corrected chi connectivity index (χ4v) is 4.22. The van der Waals surface area contributed by atoms with Crippen LogP contribution in [-0.4, -0.2) is 15.0 Å². The zero-order valence-corrected chi connectivity index (χ0v) is 13.2. The lowest BCUT2D eigenvalue weighted by atomic mass is 10.2. The molecule has 20 heavy (non-hydrogen) atoms. The molecule has 4 nitrogen and oxygen atoms in total. The van der Waals surface area contributed by atoms with E-state index in [1.54, 1.807) is 0 Å². The van der Waals surface area contributed by atoms with Crippen molar-refractivity contribution in [2.45, 2.75) is 30.6 Å². The first-order chi connectivity index (χ1) is 9.40. The number of allylic oxidation sites excluding steroid dienone is 1. The highest BCUT2D eigenvalue weighted by Crippen LogP contribution is 2.27. The van der Waals surface area contributed by atoms with E-state index >= 15 is 0 Å². The van der Waals surface area contributed by atoms with Crippen LogP contribution in [0.25, 0.3) is 0 Å². The van der Waals surface area contributed by atoms with Crippen molar-refractivity contribution < 1.29 is 12.8 Å². The van der Waals surface area contributed by atoms with Crippen molar-refractivity contribution in [1.82, 2.24) is 4.72 Å². The van der Waals surface area contributed by atoms with Crippen LogP contribution in [0.5, 0.6) is 0 Å². The van der Waals surface area contributed by atoms with Crippen LogP contribution in [0.1, 0.15) is 25.7 Å². The molecule has 0 saturated carbocycles. The number of benzene rings is 1. The third-order valence-electron chi connectivity index (χ3n) is 3.21. The topological polar surface area (TPSA) is 72.2 Å². The molecular formula is C13H16BrFN2O2S. The minimum Gasteiger partial charge on any atom is -0.396 e. The maximum atomic E-state index is 13.2. The number of hydrogen-bond acceptors (Lipinski definition) is 3. The van der Waals surface area contributed by atoms with Gasteiger partial charge in [-0.25, -0.2) is 17.5 Å². The predicted molar refractivity (Wildman–Crippen MR) is 80.3 cm³/mol. The molecule has 1 aliphatic rings. The highest BCUT2D eigenvalue weighted by molar-refractivity contribution is 9.10. The minimum absolute atomic E-state index is 0.0446. The quantitative estimate of drug-likeness (QED) is 0.624. The van der Waals surface area contributed by atoms with Crippen molar-refractivity contribution >= 4 is 31.6 Å². The second kappa shape index (κ2) is 6.24. The van der Waals surface area contributed by atoms with Gasteiger partial charge >= 0.3 is 0 Å². The predicted octanol–water partition coefficient (Wildman–Crippen LogP) is 2.95.